The molecule has 0 aliphatic carbocycles. The van der Waals surface area contributed by atoms with Gasteiger partial charge in [0.15, 0.2) is 0 Å². The molecule has 3 heteroatoms. The number of nitrogens with zero attached hydrogens (tertiary/aromatic N) is 2. The van der Waals surface area contributed by atoms with Gasteiger partial charge in [0.1, 0.15) is 0 Å². The lowest BCUT2D eigenvalue weighted by molar-refractivity contribution is -0.0172. The molecule has 0 aromatic rings. The van der Waals surface area contributed by atoms with Gasteiger partial charge in [0, 0.05) is 37.8 Å². The summed E-state index contributed by atoms with van der Waals surface area (Å²) in [5, 5.41) is 9.44. The fraction of sp³-hybridized carbons (Fsp3) is 1.00. The molecule has 0 aromatic heterocycles. The van der Waals surface area contributed by atoms with Gasteiger partial charge in [0.2, 0.25) is 0 Å². The van der Waals surface area contributed by atoms with Gasteiger partial charge in [-0.25, -0.2) is 0 Å². The standard InChI is InChI=1S/C11H22N2O/c1-11(2,3)13-6-9(7-13)12-5-4-10(14)8-12/h9-10,14H,4-8H2,1-3H3/t10-/m1/s1. The molecule has 3 nitrogen and oxygen atoms in total. The highest BCUT2D eigenvalue weighted by molar-refractivity contribution is 4.96. The van der Waals surface area contributed by atoms with Crippen molar-refractivity contribution in [3.63, 3.8) is 0 Å². The Morgan fingerprint density at radius 2 is 1.79 bits per heavy atom. The number of aliphatic hydroxyl groups is 1. The minimum Gasteiger partial charge on any atom is -0.392 e. The highest BCUT2D eigenvalue weighted by Crippen LogP contribution is 2.26. The van der Waals surface area contributed by atoms with Gasteiger partial charge in [-0.2, -0.15) is 0 Å². The number of aliphatic hydroxyl groups excluding tert-OH is 1. The van der Waals surface area contributed by atoms with E-state index in [1.807, 2.05) is 0 Å². The van der Waals surface area contributed by atoms with Gasteiger partial charge in [-0.05, 0) is 27.2 Å². The van der Waals surface area contributed by atoms with E-state index in [0.717, 1.165) is 19.5 Å². The van der Waals surface area contributed by atoms with Gasteiger partial charge < -0.3 is 5.11 Å². The number of β-amino-alcohol motifs (C(OH)–C–C–N with tert-alkyl or cyclic N) is 1. The van der Waals surface area contributed by atoms with Gasteiger partial charge in [-0.15, -0.1) is 0 Å². The predicted molar refractivity (Wildman–Crippen MR) is 57.3 cm³/mol. The van der Waals surface area contributed by atoms with Crippen molar-refractivity contribution in [2.24, 2.45) is 0 Å². The van der Waals surface area contributed by atoms with Crippen LogP contribution in [0.2, 0.25) is 0 Å². The second kappa shape index (κ2) is 3.47. The van der Waals surface area contributed by atoms with E-state index in [-0.39, 0.29) is 6.10 Å². The van der Waals surface area contributed by atoms with E-state index in [2.05, 4.69) is 30.6 Å². The molecule has 2 heterocycles. The molecule has 2 saturated heterocycles. The molecular weight excluding hydrogens is 176 g/mol. The van der Waals surface area contributed by atoms with Crippen molar-refractivity contribution >= 4 is 0 Å². The van der Waals surface area contributed by atoms with Crippen molar-refractivity contribution in [3.05, 3.63) is 0 Å². The third-order valence-electron chi connectivity index (χ3n) is 3.52. The number of likely N-dealkylation sites (tertiary alicyclic amines) is 2. The minimum absolute atomic E-state index is 0.0707. The Hall–Kier alpha value is -0.120. The summed E-state index contributed by atoms with van der Waals surface area (Å²) in [6.07, 6.45) is 0.894. The molecule has 1 N–H and O–H groups in total. The zero-order valence-electron chi connectivity index (χ0n) is 9.53. The van der Waals surface area contributed by atoms with Crippen molar-refractivity contribution in [2.45, 2.75) is 44.9 Å². The molecule has 0 aromatic carbocycles. The van der Waals surface area contributed by atoms with Crippen molar-refractivity contribution in [1.82, 2.24) is 9.80 Å². The molecule has 2 rings (SSSR count). The lowest BCUT2D eigenvalue weighted by Crippen LogP contribution is -2.64. The van der Waals surface area contributed by atoms with Gasteiger partial charge >= 0.3 is 0 Å². The smallest absolute Gasteiger partial charge is 0.0679 e. The quantitative estimate of drug-likeness (QED) is 0.666. The van der Waals surface area contributed by atoms with Crippen LogP contribution in [0.5, 0.6) is 0 Å². The first-order valence-corrected chi connectivity index (χ1v) is 5.64. The molecule has 2 fully saturated rings. The topological polar surface area (TPSA) is 26.7 Å². The van der Waals surface area contributed by atoms with Crippen molar-refractivity contribution in [3.8, 4) is 0 Å². The van der Waals surface area contributed by atoms with E-state index in [0.29, 0.717) is 11.6 Å². The van der Waals surface area contributed by atoms with Crippen molar-refractivity contribution in [1.29, 1.82) is 0 Å². The number of hydrogen-bond donors (Lipinski definition) is 1. The van der Waals surface area contributed by atoms with Crippen LogP contribution in [-0.2, 0) is 0 Å². The molecule has 0 saturated carbocycles. The number of rotatable bonds is 1. The highest BCUT2D eigenvalue weighted by Gasteiger charge is 2.39. The van der Waals surface area contributed by atoms with Crippen LogP contribution < -0.4 is 0 Å². The predicted octanol–water partition coefficient (Wildman–Crippen LogP) is 0.536. The molecule has 2 aliphatic heterocycles. The molecule has 14 heavy (non-hydrogen) atoms. The molecule has 0 bridgehead atoms. The molecule has 0 unspecified atom stereocenters. The first kappa shape index (κ1) is 10.4. The average Bonchev–Trinajstić information content (AvgIpc) is 2.28. The summed E-state index contributed by atoms with van der Waals surface area (Å²) in [5.74, 6) is 0. The molecule has 0 amide bonds. The van der Waals surface area contributed by atoms with Gasteiger partial charge in [-0.3, -0.25) is 9.80 Å². The summed E-state index contributed by atoms with van der Waals surface area (Å²) in [6, 6.07) is 0.700. The third-order valence-corrected chi connectivity index (χ3v) is 3.52. The minimum atomic E-state index is -0.0707. The average molecular weight is 198 g/mol. The molecule has 1 atom stereocenters. The van der Waals surface area contributed by atoms with E-state index in [1.54, 1.807) is 0 Å². The fourth-order valence-corrected chi connectivity index (χ4v) is 2.33. The Kier molecular flexibility index (Phi) is 2.58. The maximum atomic E-state index is 9.44. The monoisotopic (exact) mass is 198 g/mol. The molecule has 82 valence electrons. The second-order valence-electron chi connectivity index (χ2n) is 5.67. The summed E-state index contributed by atoms with van der Waals surface area (Å²) in [7, 11) is 0. The highest BCUT2D eigenvalue weighted by atomic mass is 16.3. The van der Waals surface area contributed by atoms with E-state index >= 15 is 0 Å². The SMILES string of the molecule is CC(C)(C)N1CC(N2CC[C@@H](O)C2)C1. The van der Waals surface area contributed by atoms with E-state index in [9.17, 15) is 5.11 Å². The summed E-state index contributed by atoms with van der Waals surface area (Å²) >= 11 is 0. The van der Waals surface area contributed by atoms with Gasteiger partial charge in [0.05, 0.1) is 6.10 Å². The first-order valence-electron chi connectivity index (χ1n) is 5.64. The van der Waals surface area contributed by atoms with Crippen LogP contribution >= 0.6 is 0 Å². The summed E-state index contributed by atoms with van der Waals surface area (Å²) in [4.78, 5) is 4.94. The van der Waals surface area contributed by atoms with Crippen LogP contribution in [0.4, 0.5) is 0 Å². The zero-order valence-corrected chi connectivity index (χ0v) is 9.53. The Bertz CT molecular complexity index is 206. The van der Waals surface area contributed by atoms with E-state index in [4.69, 9.17) is 0 Å². The Morgan fingerprint density at radius 3 is 2.21 bits per heavy atom. The lowest BCUT2D eigenvalue weighted by atomic mass is 9.97. The molecule has 0 spiro atoms. The normalized spacial score (nSPS) is 32.1. The van der Waals surface area contributed by atoms with Crippen LogP contribution in [0.25, 0.3) is 0 Å². The Labute approximate surface area is 86.7 Å². The maximum Gasteiger partial charge on any atom is 0.0679 e. The molecule has 2 aliphatic rings. The molecular formula is C11H22N2O. The molecule has 0 radical (unpaired) electrons. The lowest BCUT2D eigenvalue weighted by Gasteiger charge is -2.50. The van der Waals surface area contributed by atoms with Crippen LogP contribution in [0.15, 0.2) is 0 Å². The van der Waals surface area contributed by atoms with Gasteiger partial charge in [-0.1, -0.05) is 0 Å². The third kappa shape index (κ3) is 1.95. The Morgan fingerprint density at radius 1 is 1.14 bits per heavy atom. The fourth-order valence-electron chi connectivity index (χ4n) is 2.33. The van der Waals surface area contributed by atoms with Crippen LogP contribution in [-0.4, -0.2) is 58.8 Å². The van der Waals surface area contributed by atoms with E-state index in [1.165, 1.54) is 13.1 Å². The van der Waals surface area contributed by atoms with Crippen LogP contribution in [0.1, 0.15) is 27.2 Å². The zero-order chi connectivity index (χ0) is 10.3. The van der Waals surface area contributed by atoms with E-state index < -0.39 is 0 Å². The summed E-state index contributed by atoms with van der Waals surface area (Å²) < 4.78 is 0. The first-order chi connectivity index (χ1) is 6.47. The largest absolute Gasteiger partial charge is 0.392 e. The van der Waals surface area contributed by atoms with Crippen molar-refractivity contribution < 1.29 is 5.11 Å². The second-order valence-corrected chi connectivity index (χ2v) is 5.67. The van der Waals surface area contributed by atoms with Crippen LogP contribution in [0.3, 0.4) is 0 Å². The van der Waals surface area contributed by atoms with Crippen molar-refractivity contribution in [2.75, 3.05) is 26.2 Å². The maximum absolute atomic E-state index is 9.44. The number of hydrogen-bond acceptors (Lipinski definition) is 3. The van der Waals surface area contributed by atoms with Gasteiger partial charge in [0.25, 0.3) is 0 Å². The van der Waals surface area contributed by atoms with Crippen LogP contribution in [0, 0.1) is 0 Å². The Balaban J connectivity index is 1.78. The summed E-state index contributed by atoms with van der Waals surface area (Å²) in [6.45, 7) is 11.1. The summed E-state index contributed by atoms with van der Waals surface area (Å²) in [5.41, 5.74) is 0.314.